The van der Waals surface area contributed by atoms with Crippen LogP contribution in [0.3, 0.4) is 0 Å². The lowest BCUT2D eigenvalue weighted by Crippen LogP contribution is -1.81. The third-order valence-electron chi connectivity index (χ3n) is 3.37. The van der Waals surface area contributed by atoms with Gasteiger partial charge in [0.05, 0.1) is 5.69 Å². The first-order valence-electron chi connectivity index (χ1n) is 6.77. The maximum absolute atomic E-state index is 5.81. The topological polar surface area (TPSA) is 38.9 Å². The molecule has 4 rings (SSSR count). The Balaban J connectivity index is 1.82. The van der Waals surface area contributed by atoms with Gasteiger partial charge < -0.3 is 4.42 Å². The summed E-state index contributed by atoms with van der Waals surface area (Å²) >= 11 is 0. The molecule has 0 bridgehead atoms. The van der Waals surface area contributed by atoms with E-state index in [9.17, 15) is 0 Å². The third-order valence-corrected chi connectivity index (χ3v) is 3.37. The second kappa shape index (κ2) is 4.87. The number of benzene rings is 2. The Labute approximate surface area is 121 Å². The molecule has 0 saturated heterocycles. The summed E-state index contributed by atoms with van der Waals surface area (Å²) in [5, 5.41) is 0. The van der Waals surface area contributed by atoms with Gasteiger partial charge >= 0.3 is 0 Å². The van der Waals surface area contributed by atoms with Gasteiger partial charge in [0.25, 0.3) is 0 Å². The fourth-order valence-corrected chi connectivity index (χ4v) is 2.32. The van der Waals surface area contributed by atoms with Crippen LogP contribution in [-0.2, 0) is 0 Å². The molecule has 0 aliphatic carbocycles. The van der Waals surface area contributed by atoms with Crippen molar-refractivity contribution >= 4 is 11.1 Å². The molecule has 2 heterocycles. The van der Waals surface area contributed by atoms with Crippen molar-refractivity contribution < 1.29 is 4.42 Å². The Hall–Kier alpha value is -2.94. The van der Waals surface area contributed by atoms with E-state index in [1.807, 2.05) is 66.7 Å². The molecule has 0 radical (unpaired) electrons. The predicted molar refractivity (Wildman–Crippen MR) is 82.7 cm³/mol. The number of rotatable bonds is 2. The van der Waals surface area contributed by atoms with Crippen molar-refractivity contribution in [3.8, 4) is 22.7 Å². The van der Waals surface area contributed by atoms with Crippen LogP contribution < -0.4 is 0 Å². The van der Waals surface area contributed by atoms with E-state index < -0.39 is 0 Å². The number of nitrogens with zero attached hydrogens (tertiary/aromatic N) is 2. The van der Waals surface area contributed by atoms with Gasteiger partial charge in [-0.25, -0.2) is 4.98 Å². The second-order valence-electron chi connectivity index (χ2n) is 4.78. The molecule has 21 heavy (non-hydrogen) atoms. The van der Waals surface area contributed by atoms with Crippen molar-refractivity contribution in [3.63, 3.8) is 0 Å². The summed E-state index contributed by atoms with van der Waals surface area (Å²) in [5.41, 5.74) is 4.58. The van der Waals surface area contributed by atoms with Crippen LogP contribution in [0, 0.1) is 0 Å². The van der Waals surface area contributed by atoms with Crippen LogP contribution in [0.1, 0.15) is 0 Å². The molecule has 3 nitrogen and oxygen atoms in total. The lowest BCUT2D eigenvalue weighted by Gasteiger charge is -1.98. The molecule has 4 aromatic rings. The minimum atomic E-state index is 0.642. The maximum Gasteiger partial charge on any atom is 0.227 e. The largest absolute Gasteiger partial charge is 0.436 e. The van der Waals surface area contributed by atoms with Gasteiger partial charge in [-0.15, -0.1) is 0 Å². The lowest BCUT2D eigenvalue weighted by atomic mass is 10.1. The first-order valence-corrected chi connectivity index (χ1v) is 6.77. The lowest BCUT2D eigenvalue weighted by molar-refractivity contribution is 0.620. The van der Waals surface area contributed by atoms with Crippen LogP contribution in [0.25, 0.3) is 33.8 Å². The van der Waals surface area contributed by atoms with Gasteiger partial charge in [-0.1, -0.05) is 24.3 Å². The highest BCUT2D eigenvalue weighted by atomic mass is 16.3. The molecular formula is C18H12N2O. The molecule has 2 aromatic heterocycles. The van der Waals surface area contributed by atoms with Crippen molar-refractivity contribution in [1.29, 1.82) is 0 Å². The van der Waals surface area contributed by atoms with Crippen LogP contribution in [0.2, 0.25) is 0 Å². The van der Waals surface area contributed by atoms with Crippen LogP contribution >= 0.6 is 0 Å². The van der Waals surface area contributed by atoms with E-state index in [2.05, 4.69) is 9.97 Å². The minimum Gasteiger partial charge on any atom is -0.436 e. The van der Waals surface area contributed by atoms with Crippen LogP contribution in [0.5, 0.6) is 0 Å². The van der Waals surface area contributed by atoms with E-state index in [4.69, 9.17) is 4.42 Å². The Morgan fingerprint density at radius 2 is 1.62 bits per heavy atom. The summed E-state index contributed by atoms with van der Waals surface area (Å²) in [5.74, 6) is 0.642. The highest BCUT2D eigenvalue weighted by Crippen LogP contribution is 2.27. The van der Waals surface area contributed by atoms with Crippen molar-refractivity contribution in [2.45, 2.75) is 0 Å². The van der Waals surface area contributed by atoms with E-state index in [1.165, 1.54) is 0 Å². The fraction of sp³-hybridized carbons (Fsp3) is 0. The monoisotopic (exact) mass is 272 g/mol. The molecule has 0 fully saturated rings. The Morgan fingerprint density at radius 3 is 2.43 bits per heavy atom. The molecule has 0 saturated carbocycles. The zero-order chi connectivity index (χ0) is 14.1. The molecule has 0 N–H and O–H groups in total. The summed E-state index contributed by atoms with van der Waals surface area (Å²) in [6, 6.07) is 21.7. The number of oxazole rings is 1. The summed E-state index contributed by atoms with van der Waals surface area (Å²) < 4.78 is 5.81. The van der Waals surface area contributed by atoms with Gasteiger partial charge in [-0.05, 0) is 42.5 Å². The number of aromatic nitrogens is 2. The fourth-order valence-electron chi connectivity index (χ4n) is 2.32. The van der Waals surface area contributed by atoms with Crippen LogP contribution in [0.15, 0.2) is 77.3 Å². The van der Waals surface area contributed by atoms with Crippen molar-refractivity contribution in [1.82, 2.24) is 9.97 Å². The standard InChI is InChI=1S/C18H12N2O/c1-2-6-13(7-3-1)18-20-16-12-14(9-10-17(16)21-18)15-8-4-5-11-19-15/h1-12H. The third kappa shape index (κ3) is 2.19. The van der Waals surface area contributed by atoms with E-state index in [-0.39, 0.29) is 0 Å². The quantitative estimate of drug-likeness (QED) is 0.537. The zero-order valence-electron chi connectivity index (χ0n) is 11.2. The van der Waals surface area contributed by atoms with Crippen LogP contribution in [0.4, 0.5) is 0 Å². The molecular weight excluding hydrogens is 260 g/mol. The highest BCUT2D eigenvalue weighted by Gasteiger charge is 2.09. The van der Waals surface area contributed by atoms with E-state index in [1.54, 1.807) is 6.20 Å². The number of hydrogen-bond acceptors (Lipinski definition) is 3. The molecule has 0 aliphatic rings. The molecule has 0 amide bonds. The Bertz CT molecular complexity index is 845. The summed E-state index contributed by atoms with van der Waals surface area (Å²) in [4.78, 5) is 8.94. The second-order valence-corrected chi connectivity index (χ2v) is 4.78. The van der Waals surface area contributed by atoms with Gasteiger partial charge in [0.2, 0.25) is 5.89 Å². The molecule has 0 spiro atoms. The number of fused-ring (bicyclic) bond motifs is 1. The van der Waals surface area contributed by atoms with E-state index >= 15 is 0 Å². The summed E-state index contributed by atoms with van der Waals surface area (Å²) in [6.45, 7) is 0. The minimum absolute atomic E-state index is 0.642. The van der Waals surface area contributed by atoms with Crippen LogP contribution in [-0.4, -0.2) is 9.97 Å². The van der Waals surface area contributed by atoms with Gasteiger partial charge in [0, 0.05) is 17.3 Å². The highest BCUT2D eigenvalue weighted by molar-refractivity contribution is 5.81. The molecule has 3 heteroatoms. The Kier molecular flexibility index (Phi) is 2.75. The Morgan fingerprint density at radius 1 is 0.762 bits per heavy atom. The summed E-state index contributed by atoms with van der Waals surface area (Å²) in [6.07, 6.45) is 1.79. The first-order chi connectivity index (χ1) is 10.4. The SMILES string of the molecule is c1ccc(-c2nc3cc(-c4ccccn4)ccc3o2)cc1. The van der Waals surface area contributed by atoms with Crippen molar-refractivity contribution in [2.75, 3.05) is 0 Å². The molecule has 0 atom stereocenters. The molecule has 0 aliphatic heterocycles. The van der Waals surface area contributed by atoms with Crippen molar-refractivity contribution in [2.24, 2.45) is 0 Å². The predicted octanol–water partition coefficient (Wildman–Crippen LogP) is 4.56. The molecule has 100 valence electrons. The van der Waals surface area contributed by atoms with E-state index in [0.717, 1.165) is 27.9 Å². The summed E-state index contributed by atoms with van der Waals surface area (Å²) in [7, 11) is 0. The van der Waals surface area contributed by atoms with E-state index in [0.29, 0.717) is 5.89 Å². The maximum atomic E-state index is 5.81. The van der Waals surface area contributed by atoms with Gasteiger partial charge in [0.1, 0.15) is 5.52 Å². The number of pyridine rings is 1. The van der Waals surface area contributed by atoms with Gasteiger partial charge in [0.15, 0.2) is 5.58 Å². The van der Waals surface area contributed by atoms with Gasteiger partial charge in [-0.2, -0.15) is 0 Å². The first kappa shape index (κ1) is 11.9. The number of hydrogen-bond donors (Lipinski definition) is 0. The average molecular weight is 272 g/mol. The zero-order valence-corrected chi connectivity index (χ0v) is 11.2. The normalized spacial score (nSPS) is 10.9. The van der Waals surface area contributed by atoms with Crippen molar-refractivity contribution in [3.05, 3.63) is 72.9 Å². The average Bonchev–Trinajstić information content (AvgIpc) is 2.99. The molecule has 0 unspecified atom stereocenters. The molecule has 2 aromatic carbocycles. The smallest absolute Gasteiger partial charge is 0.227 e. The van der Waals surface area contributed by atoms with Gasteiger partial charge in [-0.3, -0.25) is 4.98 Å².